The second-order valence-electron chi connectivity index (χ2n) is 3.32. The first kappa shape index (κ1) is 9.26. The van der Waals surface area contributed by atoms with Crippen molar-refractivity contribution in [2.24, 2.45) is 0 Å². The third kappa shape index (κ3) is 2.34. The molecule has 0 aromatic heterocycles. The summed E-state index contributed by atoms with van der Waals surface area (Å²) in [5, 5.41) is 2.73. The summed E-state index contributed by atoms with van der Waals surface area (Å²) in [6.07, 6.45) is 3.38. The van der Waals surface area contributed by atoms with E-state index in [-0.39, 0.29) is 11.5 Å². The van der Waals surface area contributed by atoms with Crippen molar-refractivity contribution < 1.29 is 9.53 Å². The third-order valence-electron chi connectivity index (χ3n) is 2.12. The molecule has 0 aromatic carbocycles. The predicted octanol–water partition coefficient (Wildman–Crippen LogP) is 0.858. The van der Waals surface area contributed by atoms with E-state index in [1.54, 1.807) is 0 Å². The molecular formula is C9H15NO2. The minimum Gasteiger partial charge on any atom is -0.373 e. The summed E-state index contributed by atoms with van der Waals surface area (Å²) in [5.74, 6) is -0.133. The molecule has 1 aliphatic heterocycles. The Morgan fingerprint density at radius 1 is 1.83 bits per heavy atom. The Hall–Kier alpha value is -0.830. The zero-order valence-electron chi connectivity index (χ0n) is 7.43. The van der Waals surface area contributed by atoms with Crippen LogP contribution in [-0.2, 0) is 9.53 Å². The maximum absolute atomic E-state index is 10.8. The monoisotopic (exact) mass is 169 g/mol. The van der Waals surface area contributed by atoms with Gasteiger partial charge in [0.15, 0.2) is 0 Å². The van der Waals surface area contributed by atoms with Gasteiger partial charge in [-0.05, 0) is 25.8 Å². The molecule has 0 spiro atoms. The summed E-state index contributed by atoms with van der Waals surface area (Å²) >= 11 is 0. The standard InChI is InChI=1S/C9H15NO2/c1-3-8(11)10-7-9(2)5-4-6-12-9/h3H,1,4-7H2,2H3,(H,10,11). The quantitative estimate of drug-likeness (QED) is 0.636. The van der Waals surface area contributed by atoms with E-state index in [4.69, 9.17) is 4.74 Å². The van der Waals surface area contributed by atoms with E-state index in [9.17, 15) is 4.79 Å². The summed E-state index contributed by atoms with van der Waals surface area (Å²) in [5.41, 5.74) is -0.154. The first-order valence-corrected chi connectivity index (χ1v) is 4.20. The van der Waals surface area contributed by atoms with Gasteiger partial charge in [0.05, 0.1) is 5.60 Å². The van der Waals surface area contributed by atoms with Crippen LogP contribution >= 0.6 is 0 Å². The Kier molecular flexibility index (Phi) is 2.87. The van der Waals surface area contributed by atoms with Gasteiger partial charge in [-0.15, -0.1) is 0 Å². The van der Waals surface area contributed by atoms with Gasteiger partial charge < -0.3 is 10.1 Å². The summed E-state index contributed by atoms with van der Waals surface area (Å²) in [6, 6.07) is 0. The van der Waals surface area contributed by atoms with Crippen LogP contribution in [0.15, 0.2) is 12.7 Å². The number of hydrogen-bond donors (Lipinski definition) is 1. The molecule has 0 aromatic rings. The Balaban J connectivity index is 2.30. The molecule has 12 heavy (non-hydrogen) atoms. The van der Waals surface area contributed by atoms with Crippen LogP contribution in [0.2, 0.25) is 0 Å². The summed E-state index contributed by atoms with van der Waals surface area (Å²) in [7, 11) is 0. The van der Waals surface area contributed by atoms with Gasteiger partial charge in [-0.3, -0.25) is 4.79 Å². The zero-order chi connectivity index (χ0) is 9.03. The highest BCUT2D eigenvalue weighted by molar-refractivity contribution is 5.86. The number of amides is 1. The smallest absolute Gasteiger partial charge is 0.243 e. The average Bonchev–Trinajstić information content (AvgIpc) is 2.49. The molecule has 1 fully saturated rings. The van der Waals surface area contributed by atoms with E-state index >= 15 is 0 Å². The van der Waals surface area contributed by atoms with Crippen molar-refractivity contribution in [1.82, 2.24) is 5.32 Å². The molecular weight excluding hydrogens is 154 g/mol. The van der Waals surface area contributed by atoms with Crippen LogP contribution in [0.3, 0.4) is 0 Å². The number of nitrogens with one attached hydrogen (secondary N) is 1. The van der Waals surface area contributed by atoms with Crippen LogP contribution in [0.4, 0.5) is 0 Å². The Morgan fingerprint density at radius 3 is 3.08 bits per heavy atom. The second-order valence-corrected chi connectivity index (χ2v) is 3.32. The largest absolute Gasteiger partial charge is 0.373 e. The van der Waals surface area contributed by atoms with Crippen LogP contribution in [0.1, 0.15) is 19.8 Å². The molecule has 3 nitrogen and oxygen atoms in total. The van der Waals surface area contributed by atoms with Crippen LogP contribution < -0.4 is 5.32 Å². The van der Waals surface area contributed by atoms with Crippen molar-refractivity contribution in [2.75, 3.05) is 13.2 Å². The van der Waals surface area contributed by atoms with Gasteiger partial charge >= 0.3 is 0 Å². The molecule has 3 heteroatoms. The van der Waals surface area contributed by atoms with Gasteiger partial charge in [0.2, 0.25) is 5.91 Å². The van der Waals surface area contributed by atoms with E-state index in [0.717, 1.165) is 19.4 Å². The number of rotatable bonds is 3. The van der Waals surface area contributed by atoms with Gasteiger partial charge in [-0.2, -0.15) is 0 Å². The molecule has 68 valence electrons. The molecule has 1 heterocycles. The normalized spacial score (nSPS) is 28.4. The lowest BCUT2D eigenvalue weighted by molar-refractivity contribution is -0.117. The Morgan fingerprint density at radius 2 is 2.58 bits per heavy atom. The molecule has 1 N–H and O–H groups in total. The van der Waals surface area contributed by atoms with Crippen molar-refractivity contribution in [3.63, 3.8) is 0 Å². The van der Waals surface area contributed by atoms with Gasteiger partial charge in [-0.1, -0.05) is 6.58 Å². The highest BCUT2D eigenvalue weighted by atomic mass is 16.5. The molecule has 0 radical (unpaired) electrons. The van der Waals surface area contributed by atoms with Gasteiger partial charge in [0.25, 0.3) is 0 Å². The van der Waals surface area contributed by atoms with E-state index < -0.39 is 0 Å². The topological polar surface area (TPSA) is 38.3 Å². The van der Waals surface area contributed by atoms with Crippen LogP contribution in [0.5, 0.6) is 0 Å². The first-order chi connectivity index (χ1) is 5.66. The molecule has 1 saturated heterocycles. The van der Waals surface area contributed by atoms with E-state index in [1.165, 1.54) is 6.08 Å². The average molecular weight is 169 g/mol. The molecule has 1 amide bonds. The molecule has 0 aliphatic carbocycles. The lowest BCUT2D eigenvalue weighted by Crippen LogP contribution is -2.39. The number of carbonyl (C=O) groups excluding carboxylic acids is 1. The van der Waals surface area contributed by atoms with Gasteiger partial charge in [0, 0.05) is 13.2 Å². The van der Waals surface area contributed by atoms with Crippen molar-refractivity contribution >= 4 is 5.91 Å². The maximum Gasteiger partial charge on any atom is 0.243 e. The number of hydrogen-bond acceptors (Lipinski definition) is 2. The minimum atomic E-state index is -0.154. The number of carbonyl (C=O) groups is 1. The molecule has 0 bridgehead atoms. The Labute approximate surface area is 72.8 Å². The zero-order valence-corrected chi connectivity index (χ0v) is 7.43. The van der Waals surface area contributed by atoms with Crippen LogP contribution in [-0.4, -0.2) is 24.7 Å². The van der Waals surface area contributed by atoms with Crippen molar-refractivity contribution in [3.05, 3.63) is 12.7 Å². The maximum atomic E-state index is 10.8. The van der Waals surface area contributed by atoms with Crippen LogP contribution in [0.25, 0.3) is 0 Å². The van der Waals surface area contributed by atoms with Crippen molar-refractivity contribution in [3.8, 4) is 0 Å². The number of ether oxygens (including phenoxy) is 1. The summed E-state index contributed by atoms with van der Waals surface area (Å²) in [6.45, 7) is 6.78. The van der Waals surface area contributed by atoms with Crippen LogP contribution in [0, 0.1) is 0 Å². The molecule has 1 aliphatic rings. The molecule has 0 saturated carbocycles. The van der Waals surface area contributed by atoms with Gasteiger partial charge in [0.1, 0.15) is 0 Å². The molecule has 1 atom stereocenters. The van der Waals surface area contributed by atoms with Crippen molar-refractivity contribution in [2.45, 2.75) is 25.4 Å². The minimum absolute atomic E-state index is 0.133. The lowest BCUT2D eigenvalue weighted by Gasteiger charge is -2.22. The fourth-order valence-electron chi connectivity index (χ4n) is 1.32. The van der Waals surface area contributed by atoms with E-state index in [0.29, 0.717) is 6.54 Å². The predicted molar refractivity (Wildman–Crippen MR) is 46.8 cm³/mol. The molecule has 1 rings (SSSR count). The first-order valence-electron chi connectivity index (χ1n) is 4.20. The van der Waals surface area contributed by atoms with Gasteiger partial charge in [-0.25, -0.2) is 0 Å². The van der Waals surface area contributed by atoms with E-state index in [2.05, 4.69) is 11.9 Å². The fourth-order valence-corrected chi connectivity index (χ4v) is 1.32. The SMILES string of the molecule is C=CC(=O)NCC1(C)CCCO1. The highest BCUT2D eigenvalue weighted by Gasteiger charge is 2.29. The summed E-state index contributed by atoms with van der Waals surface area (Å²) < 4.78 is 5.49. The van der Waals surface area contributed by atoms with Crippen molar-refractivity contribution in [1.29, 1.82) is 0 Å². The molecule has 1 unspecified atom stereocenters. The lowest BCUT2D eigenvalue weighted by atomic mass is 10.0. The second kappa shape index (κ2) is 3.72. The Bertz CT molecular complexity index is 183. The summed E-state index contributed by atoms with van der Waals surface area (Å²) in [4.78, 5) is 10.8. The van der Waals surface area contributed by atoms with E-state index in [1.807, 2.05) is 6.92 Å². The third-order valence-corrected chi connectivity index (χ3v) is 2.12. The highest BCUT2D eigenvalue weighted by Crippen LogP contribution is 2.23. The fraction of sp³-hybridized carbons (Fsp3) is 0.667.